The molecule has 0 radical (unpaired) electrons. The van der Waals surface area contributed by atoms with E-state index in [1.54, 1.807) is 0 Å². The maximum absolute atomic E-state index is 13.0. The molecule has 146 valence electrons. The van der Waals surface area contributed by atoms with Crippen molar-refractivity contribution in [2.24, 2.45) is 4.99 Å². The number of anilines is 1. The fraction of sp³-hybridized carbons (Fsp3) is 0.300. The van der Waals surface area contributed by atoms with Gasteiger partial charge >= 0.3 is 0 Å². The number of nitrogens with zero attached hydrogens (tertiary/aromatic N) is 1. The van der Waals surface area contributed by atoms with Gasteiger partial charge in [-0.15, -0.1) is 0 Å². The summed E-state index contributed by atoms with van der Waals surface area (Å²) in [6, 6.07) is 10.8. The molecule has 2 aliphatic rings. The molecule has 2 aromatic carbocycles. The van der Waals surface area contributed by atoms with Crippen LogP contribution in [-0.2, 0) is 39.1 Å². The van der Waals surface area contributed by atoms with Gasteiger partial charge in [0.1, 0.15) is 5.71 Å². The van der Waals surface area contributed by atoms with Crippen LogP contribution < -0.4 is 10.2 Å². The van der Waals surface area contributed by atoms with Crippen LogP contribution in [0.1, 0.15) is 35.1 Å². The third kappa shape index (κ3) is 3.34. The minimum atomic E-state index is -3.91. The molecule has 1 aliphatic carbocycles. The number of benzene rings is 2. The van der Waals surface area contributed by atoms with Crippen molar-refractivity contribution in [2.75, 3.05) is 12.4 Å². The fourth-order valence-electron chi connectivity index (χ4n) is 3.80. The molecular weight excluding hydrogens is 378 g/mol. The van der Waals surface area contributed by atoms with Crippen molar-refractivity contribution in [3.8, 4) is 0 Å². The second kappa shape index (κ2) is 7.46. The van der Waals surface area contributed by atoms with Gasteiger partial charge in [0.05, 0.1) is 17.2 Å². The molecule has 7 nitrogen and oxygen atoms in total. The number of rotatable bonds is 5. The van der Waals surface area contributed by atoms with Crippen LogP contribution in [0.5, 0.6) is 0 Å². The number of nitrogens with one attached hydrogen (secondary N) is 2. The molecule has 0 atom stereocenters. The summed E-state index contributed by atoms with van der Waals surface area (Å²) in [6.45, 7) is 0.120. The van der Waals surface area contributed by atoms with Gasteiger partial charge in [0.2, 0.25) is 0 Å². The van der Waals surface area contributed by atoms with Gasteiger partial charge < -0.3 is 5.32 Å². The summed E-state index contributed by atoms with van der Waals surface area (Å²) in [4.78, 5) is 23.9. The number of amides is 1. The SMILES string of the molecule is CN=C1C(=O)Nc2c1cc(S(=O)(=O)NOCc1ccccc1)c1c2CCCC1. The molecule has 8 heteroatoms. The Bertz CT molecular complexity index is 1060. The minimum Gasteiger partial charge on any atom is -0.320 e. The largest absolute Gasteiger partial charge is 0.320 e. The zero-order valence-corrected chi connectivity index (χ0v) is 16.3. The quantitative estimate of drug-likeness (QED) is 0.754. The minimum absolute atomic E-state index is 0.120. The lowest BCUT2D eigenvalue weighted by Crippen LogP contribution is -2.26. The van der Waals surface area contributed by atoms with E-state index in [1.807, 2.05) is 30.3 Å². The van der Waals surface area contributed by atoms with Crippen molar-refractivity contribution in [3.05, 3.63) is 58.7 Å². The molecule has 1 amide bonds. The van der Waals surface area contributed by atoms with E-state index >= 15 is 0 Å². The lowest BCUT2D eigenvalue weighted by atomic mass is 9.88. The van der Waals surface area contributed by atoms with Crippen molar-refractivity contribution in [3.63, 3.8) is 0 Å². The average Bonchev–Trinajstić information content (AvgIpc) is 3.03. The second-order valence-corrected chi connectivity index (χ2v) is 8.46. The Balaban J connectivity index is 1.69. The molecule has 0 unspecified atom stereocenters. The van der Waals surface area contributed by atoms with Gasteiger partial charge in [-0.25, -0.2) is 8.42 Å². The van der Waals surface area contributed by atoms with E-state index < -0.39 is 10.0 Å². The molecule has 0 fully saturated rings. The Labute approximate surface area is 163 Å². The van der Waals surface area contributed by atoms with Crippen LogP contribution in [0.2, 0.25) is 0 Å². The number of fused-ring (bicyclic) bond motifs is 3. The van der Waals surface area contributed by atoms with Crippen molar-refractivity contribution in [2.45, 2.75) is 37.2 Å². The molecule has 0 spiro atoms. The molecule has 0 saturated carbocycles. The number of sulfonamides is 1. The summed E-state index contributed by atoms with van der Waals surface area (Å²) in [7, 11) is -2.38. The Morgan fingerprint density at radius 1 is 1.14 bits per heavy atom. The van der Waals surface area contributed by atoms with Gasteiger partial charge in [0.15, 0.2) is 0 Å². The van der Waals surface area contributed by atoms with Crippen LogP contribution >= 0.6 is 0 Å². The first-order chi connectivity index (χ1) is 13.5. The van der Waals surface area contributed by atoms with Crippen molar-refractivity contribution >= 4 is 27.3 Å². The summed E-state index contributed by atoms with van der Waals surface area (Å²) >= 11 is 0. The van der Waals surface area contributed by atoms with Gasteiger partial charge in [-0.1, -0.05) is 35.2 Å². The first-order valence-electron chi connectivity index (χ1n) is 9.16. The lowest BCUT2D eigenvalue weighted by molar-refractivity contribution is -0.110. The van der Waals surface area contributed by atoms with Crippen LogP contribution in [0.3, 0.4) is 0 Å². The van der Waals surface area contributed by atoms with E-state index in [9.17, 15) is 13.2 Å². The average molecular weight is 399 g/mol. The number of aliphatic imine (C=N–C) groups is 1. The normalized spacial score (nSPS) is 17.3. The van der Waals surface area contributed by atoms with Gasteiger partial charge in [-0.3, -0.25) is 14.6 Å². The van der Waals surface area contributed by atoms with Crippen molar-refractivity contribution in [1.29, 1.82) is 0 Å². The Morgan fingerprint density at radius 3 is 2.57 bits per heavy atom. The van der Waals surface area contributed by atoms with Gasteiger partial charge in [0.25, 0.3) is 15.9 Å². The maximum atomic E-state index is 13.0. The highest BCUT2D eigenvalue weighted by atomic mass is 32.2. The van der Waals surface area contributed by atoms with Crippen molar-refractivity contribution < 1.29 is 18.0 Å². The second-order valence-electron chi connectivity index (χ2n) is 6.85. The Hall–Kier alpha value is -2.55. The number of hydrogen-bond donors (Lipinski definition) is 2. The highest BCUT2D eigenvalue weighted by molar-refractivity contribution is 7.89. The van der Waals surface area contributed by atoms with Gasteiger partial charge in [-0.2, -0.15) is 0 Å². The molecule has 0 bridgehead atoms. The predicted octanol–water partition coefficient (Wildman–Crippen LogP) is 2.35. The molecule has 0 saturated heterocycles. The Kier molecular flexibility index (Phi) is 5.01. The third-order valence-corrected chi connectivity index (χ3v) is 6.36. The van der Waals surface area contributed by atoms with E-state index in [0.717, 1.165) is 36.0 Å². The lowest BCUT2D eigenvalue weighted by Gasteiger charge is -2.22. The van der Waals surface area contributed by atoms with Crippen molar-refractivity contribution in [1.82, 2.24) is 4.89 Å². The summed E-state index contributed by atoms with van der Waals surface area (Å²) in [5, 5.41) is 2.85. The first-order valence-corrected chi connectivity index (χ1v) is 10.6. The standard InChI is InChI=1S/C20H21N3O4S/c1-21-19-16-11-17(14-9-5-6-10-15(14)18(16)22-20(19)24)28(25,26)23-27-12-13-7-3-2-4-8-13/h2-4,7-8,11,23H,5-6,9-10,12H2,1H3,(H,21,22,24). The van der Waals surface area contributed by atoms with Gasteiger partial charge in [-0.05, 0) is 48.4 Å². The zero-order chi connectivity index (χ0) is 19.7. The molecule has 28 heavy (non-hydrogen) atoms. The smallest absolute Gasteiger partial charge is 0.274 e. The molecule has 1 aliphatic heterocycles. The molecule has 2 N–H and O–H groups in total. The number of carbonyl (C=O) groups is 1. The first kappa shape index (κ1) is 18.8. The Morgan fingerprint density at radius 2 is 1.86 bits per heavy atom. The summed E-state index contributed by atoms with van der Waals surface area (Å²) < 4.78 is 26.0. The van der Waals surface area contributed by atoms with Gasteiger partial charge in [0, 0.05) is 12.6 Å². The van der Waals surface area contributed by atoms with Crippen LogP contribution in [-0.4, -0.2) is 27.1 Å². The summed E-state index contributed by atoms with van der Waals surface area (Å²) in [5.41, 5.74) is 3.99. The highest BCUT2D eigenvalue weighted by Crippen LogP contribution is 2.38. The molecule has 4 rings (SSSR count). The van der Waals surface area contributed by atoms with E-state index in [2.05, 4.69) is 15.2 Å². The van der Waals surface area contributed by atoms with Crippen LogP contribution in [0.15, 0.2) is 46.3 Å². The van der Waals surface area contributed by atoms with Crippen LogP contribution in [0, 0.1) is 0 Å². The third-order valence-electron chi connectivity index (χ3n) is 5.08. The molecule has 0 aromatic heterocycles. The summed E-state index contributed by atoms with van der Waals surface area (Å²) in [6.07, 6.45) is 3.23. The monoisotopic (exact) mass is 399 g/mol. The zero-order valence-electron chi connectivity index (χ0n) is 15.5. The molecule has 1 heterocycles. The molecule has 2 aromatic rings. The predicted molar refractivity (Wildman–Crippen MR) is 106 cm³/mol. The maximum Gasteiger partial charge on any atom is 0.274 e. The fourth-order valence-corrected chi connectivity index (χ4v) is 4.93. The molecular formula is C20H21N3O4S. The van der Waals surface area contributed by atoms with E-state index in [-0.39, 0.29) is 23.1 Å². The van der Waals surface area contributed by atoms with E-state index in [0.29, 0.717) is 17.7 Å². The number of carbonyl (C=O) groups excluding carboxylic acids is 1. The topological polar surface area (TPSA) is 96.9 Å². The van der Waals surface area contributed by atoms with Crippen LogP contribution in [0.25, 0.3) is 0 Å². The number of hydrogen-bond acceptors (Lipinski definition) is 5. The summed E-state index contributed by atoms with van der Waals surface area (Å²) in [5.74, 6) is -0.298. The van der Waals surface area contributed by atoms with Crippen LogP contribution in [0.4, 0.5) is 5.69 Å². The van der Waals surface area contributed by atoms with E-state index in [4.69, 9.17) is 4.84 Å². The highest BCUT2D eigenvalue weighted by Gasteiger charge is 2.34. The van der Waals surface area contributed by atoms with E-state index in [1.165, 1.54) is 13.1 Å².